The number of aliphatic hydroxyl groups is 1. The maximum atomic E-state index is 12.1. The number of nitrogens with one attached hydrogen (secondary N) is 1. The Morgan fingerprint density at radius 2 is 2.00 bits per heavy atom. The normalized spacial score (nSPS) is 11.9. The minimum atomic E-state index is -0.678. The maximum Gasteiger partial charge on any atom is 0.271 e. The lowest BCUT2D eigenvalue weighted by atomic mass is 10.1. The number of carbonyl (C=O) groups excluding carboxylic acids is 1. The molecule has 122 valence electrons. The molecule has 1 atom stereocenters. The lowest BCUT2D eigenvalue weighted by Crippen LogP contribution is -2.35. The van der Waals surface area contributed by atoms with E-state index in [1.807, 2.05) is 37.3 Å². The number of amides is 1. The lowest BCUT2D eigenvalue weighted by Gasteiger charge is -2.12. The monoisotopic (exact) mass is 315 g/mol. The number of hydrogen-bond donors (Lipinski definition) is 2. The number of carbonyl (C=O) groups is 1. The third-order valence-electron chi connectivity index (χ3n) is 3.35. The average molecular weight is 315 g/mol. The molecule has 23 heavy (non-hydrogen) atoms. The molecule has 0 saturated carbocycles. The van der Waals surface area contributed by atoms with Crippen LogP contribution in [0.5, 0.6) is 0 Å². The van der Waals surface area contributed by atoms with Gasteiger partial charge in [-0.1, -0.05) is 37.3 Å². The minimum absolute atomic E-state index is 0.127. The number of aliphatic hydroxyl groups excluding tert-OH is 1. The fourth-order valence-corrected chi connectivity index (χ4v) is 2.20. The summed E-state index contributed by atoms with van der Waals surface area (Å²) in [4.78, 5) is 23.7. The SMILES string of the molecule is CCCn1nc(C(=O)NCC(O)Cc2ccccc2)ccc1=O. The van der Waals surface area contributed by atoms with Crippen molar-refractivity contribution in [2.24, 2.45) is 0 Å². The highest BCUT2D eigenvalue weighted by Crippen LogP contribution is 2.02. The molecule has 1 aromatic carbocycles. The van der Waals surface area contributed by atoms with Gasteiger partial charge in [0.1, 0.15) is 5.69 Å². The lowest BCUT2D eigenvalue weighted by molar-refractivity contribution is 0.0908. The predicted molar refractivity (Wildman–Crippen MR) is 87.3 cm³/mol. The molecule has 0 bridgehead atoms. The Balaban J connectivity index is 1.91. The van der Waals surface area contributed by atoms with E-state index < -0.39 is 12.0 Å². The predicted octanol–water partition coefficient (Wildman–Crippen LogP) is 0.987. The zero-order chi connectivity index (χ0) is 16.7. The van der Waals surface area contributed by atoms with Gasteiger partial charge in [-0.2, -0.15) is 5.10 Å². The van der Waals surface area contributed by atoms with Crippen molar-refractivity contribution in [1.29, 1.82) is 0 Å². The van der Waals surface area contributed by atoms with E-state index in [2.05, 4.69) is 10.4 Å². The molecule has 1 amide bonds. The Labute approximate surface area is 134 Å². The smallest absolute Gasteiger partial charge is 0.271 e. The van der Waals surface area contributed by atoms with Crippen molar-refractivity contribution < 1.29 is 9.90 Å². The van der Waals surface area contributed by atoms with Gasteiger partial charge in [0, 0.05) is 25.6 Å². The number of aromatic nitrogens is 2. The van der Waals surface area contributed by atoms with Crippen LogP contribution < -0.4 is 10.9 Å². The van der Waals surface area contributed by atoms with Gasteiger partial charge in [-0.25, -0.2) is 4.68 Å². The molecule has 0 radical (unpaired) electrons. The summed E-state index contributed by atoms with van der Waals surface area (Å²) in [5.74, 6) is -0.401. The molecule has 2 N–H and O–H groups in total. The van der Waals surface area contributed by atoms with E-state index in [0.29, 0.717) is 13.0 Å². The van der Waals surface area contributed by atoms with Gasteiger partial charge in [0.2, 0.25) is 0 Å². The van der Waals surface area contributed by atoms with Crippen molar-refractivity contribution in [2.45, 2.75) is 32.4 Å². The standard InChI is InChI=1S/C17H21N3O3/c1-2-10-20-16(22)9-8-15(19-20)17(23)18-12-14(21)11-13-6-4-3-5-7-13/h3-9,14,21H,2,10-12H2,1H3,(H,18,23). The van der Waals surface area contributed by atoms with Gasteiger partial charge in [-0.3, -0.25) is 9.59 Å². The van der Waals surface area contributed by atoms with Gasteiger partial charge in [0.25, 0.3) is 11.5 Å². The second-order valence-corrected chi connectivity index (χ2v) is 5.33. The van der Waals surface area contributed by atoms with Crippen molar-refractivity contribution >= 4 is 5.91 Å². The largest absolute Gasteiger partial charge is 0.391 e. The van der Waals surface area contributed by atoms with Crippen LogP contribution in [-0.4, -0.2) is 33.4 Å². The molecule has 2 aromatic rings. The van der Waals surface area contributed by atoms with Gasteiger partial charge in [-0.15, -0.1) is 0 Å². The van der Waals surface area contributed by atoms with Gasteiger partial charge in [0.15, 0.2) is 0 Å². The van der Waals surface area contributed by atoms with Gasteiger partial charge >= 0.3 is 0 Å². The molecule has 1 unspecified atom stereocenters. The second-order valence-electron chi connectivity index (χ2n) is 5.33. The molecule has 0 aliphatic rings. The van der Waals surface area contributed by atoms with Crippen molar-refractivity contribution in [1.82, 2.24) is 15.1 Å². The fourth-order valence-electron chi connectivity index (χ4n) is 2.20. The molecule has 1 aromatic heterocycles. The number of rotatable bonds is 7. The van der Waals surface area contributed by atoms with E-state index in [4.69, 9.17) is 0 Å². The summed E-state index contributed by atoms with van der Waals surface area (Å²) in [6, 6.07) is 12.3. The van der Waals surface area contributed by atoms with E-state index in [9.17, 15) is 14.7 Å². The van der Waals surface area contributed by atoms with Crippen LogP contribution in [0, 0.1) is 0 Å². The zero-order valence-electron chi connectivity index (χ0n) is 13.1. The minimum Gasteiger partial charge on any atom is -0.391 e. The molecule has 0 fully saturated rings. The van der Waals surface area contributed by atoms with Crippen LogP contribution in [0.3, 0.4) is 0 Å². The summed E-state index contributed by atoms with van der Waals surface area (Å²) in [5.41, 5.74) is 0.946. The van der Waals surface area contributed by atoms with E-state index in [1.165, 1.54) is 16.8 Å². The Morgan fingerprint density at radius 1 is 1.26 bits per heavy atom. The van der Waals surface area contributed by atoms with Crippen LogP contribution in [0.25, 0.3) is 0 Å². The number of hydrogen-bond acceptors (Lipinski definition) is 4. The van der Waals surface area contributed by atoms with E-state index >= 15 is 0 Å². The van der Waals surface area contributed by atoms with Crippen LogP contribution in [0.4, 0.5) is 0 Å². The molecule has 0 saturated heterocycles. The molecule has 6 nitrogen and oxygen atoms in total. The first-order chi connectivity index (χ1) is 11.1. The summed E-state index contributed by atoms with van der Waals surface area (Å²) < 4.78 is 1.27. The van der Waals surface area contributed by atoms with Crippen LogP contribution in [0.2, 0.25) is 0 Å². The topological polar surface area (TPSA) is 84.2 Å². The molecular weight excluding hydrogens is 294 g/mol. The molecule has 6 heteroatoms. The second kappa shape index (κ2) is 8.24. The maximum absolute atomic E-state index is 12.1. The van der Waals surface area contributed by atoms with Crippen molar-refractivity contribution in [3.05, 3.63) is 64.1 Å². The summed E-state index contributed by atoms with van der Waals surface area (Å²) in [5, 5.41) is 16.7. The molecule has 2 rings (SSSR count). The number of nitrogens with zero attached hydrogens (tertiary/aromatic N) is 2. The van der Waals surface area contributed by atoms with Crippen LogP contribution >= 0.6 is 0 Å². The first-order valence-electron chi connectivity index (χ1n) is 7.68. The molecule has 0 spiro atoms. The van der Waals surface area contributed by atoms with Crippen molar-refractivity contribution in [3.8, 4) is 0 Å². The van der Waals surface area contributed by atoms with Gasteiger partial charge < -0.3 is 10.4 Å². The van der Waals surface area contributed by atoms with Gasteiger partial charge in [0.05, 0.1) is 6.10 Å². The number of benzene rings is 1. The molecule has 1 heterocycles. The first kappa shape index (κ1) is 16.9. The fraction of sp³-hybridized carbons (Fsp3) is 0.353. The summed E-state index contributed by atoms with van der Waals surface area (Å²) in [6.45, 7) is 2.53. The van der Waals surface area contributed by atoms with Crippen LogP contribution in [0.15, 0.2) is 47.3 Å². The summed E-state index contributed by atoms with van der Waals surface area (Å²) in [7, 11) is 0. The first-order valence-corrected chi connectivity index (χ1v) is 7.68. The Kier molecular flexibility index (Phi) is 6.05. The average Bonchev–Trinajstić information content (AvgIpc) is 2.56. The highest BCUT2D eigenvalue weighted by molar-refractivity contribution is 5.91. The van der Waals surface area contributed by atoms with E-state index in [0.717, 1.165) is 12.0 Å². The zero-order valence-corrected chi connectivity index (χ0v) is 13.1. The Morgan fingerprint density at radius 3 is 2.70 bits per heavy atom. The third kappa shape index (κ3) is 5.03. The molecule has 0 aliphatic carbocycles. The van der Waals surface area contributed by atoms with Crippen molar-refractivity contribution in [3.63, 3.8) is 0 Å². The van der Waals surface area contributed by atoms with E-state index in [1.54, 1.807) is 0 Å². The molecular formula is C17H21N3O3. The van der Waals surface area contributed by atoms with Crippen LogP contribution in [0.1, 0.15) is 29.4 Å². The van der Waals surface area contributed by atoms with Crippen LogP contribution in [-0.2, 0) is 13.0 Å². The highest BCUT2D eigenvalue weighted by atomic mass is 16.3. The summed E-state index contributed by atoms with van der Waals surface area (Å²) >= 11 is 0. The van der Waals surface area contributed by atoms with Gasteiger partial charge in [-0.05, 0) is 18.1 Å². The Bertz CT molecular complexity index is 698. The van der Waals surface area contributed by atoms with E-state index in [-0.39, 0.29) is 17.8 Å². The van der Waals surface area contributed by atoms with Crippen molar-refractivity contribution in [2.75, 3.05) is 6.54 Å². The quantitative estimate of drug-likeness (QED) is 0.798. The summed E-state index contributed by atoms with van der Waals surface area (Å²) in [6.07, 6.45) is 0.542. The number of aryl methyl sites for hydroxylation is 1. The molecule has 0 aliphatic heterocycles. The Hall–Kier alpha value is -2.47. The highest BCUT2D eigenvalue weighted by Gasteiger charge is 2.12. The third-order valence-corrected chi connectivity index (χ3v) is 3.35.